The standard InChI is InChI=1S/C15H23N3/c1-11-8-9-13(16)15(17-11)18-10-4-6-12-5-2-3-7-14(12)18/h8-9,12,14H,2-7,10,16H2,1H3/t12-,14-/m1/s1. The molecular weight excluding hydrogens is 222 g/mol. The van der Waals surface area contributed by atoms with Crippen molar-refractivity contribution in [3.8, 4) is 0 Å². The van der Waals surface area contributed by atoms with Crippen LogP contribution in [0.15, 0.2) is 12.1 Å². The van der Waals surface area contributed by atoms with Crippen LogP contribution in [0.25, 0.3) is 0 Å². The molecular formula is C15H23N3. The van der Waals surface area contributed by atoms with Crippen molar-refractivity contribution in [3.05, 3.63) is 17.8 Å². The topological polar surface area (TPSA) is 42.1 Å². The molecule has 0 amide bonds. The van der Waals surface area contributed by atoms with Gasteiger partial charge in [0, 0.05) is 18.3 Å². The number of nitrogens with two attached hydrogens (primary N) is 1. The van der Waals surface area contributed by atoms with Gasteiger partial charge in [0.2, 0.25) is 0 Å². The Bertz CT molecular complexity index is 428. The first-order valence-corrected chi connectivity index (χ1v) is 7.25. The van der Waals surface area contributed by atoms with Gasteiger partial charge in [-0.05, 0) is 50.7 Å². The molecule has 3 nitrogen and oxygen atoms in total. The van der Waals surface area contributed by atoms with E-state index < -0.39 is 0 Å². The van der Waals surface area contributed by atoms with Crippen LogP contribution < -0.4 is 10.6 Å². The van der Waals surface area contributed by atoms with Gasteiger partial charge in [0.05, 0.1) is 5.69 Å². The first-order valence-electron chi connectivity index (χ1n) is 7.25. The molecule has 1 aromatic heterocycles. The minimum atomic E-state index is 0.684. The highest BCUT2D eigenvalue weighted by molar-refractivity contribution is 5.63. The lowest BCUT2D eigenvalue weighted by atomic mass is 9.78. The Kier molecular flexibility index (Phi) is 3.14. The number of fused-ring (bicyclic) bond motifs is 1. The van der Waals surface area contributed by atoms with Gasteiger partial charge in [-0.2, -0.15) is 0 Å². The van der Waals surface area contributed by atoms with Crippen molar-refractivity contribution in [2.24, 2.45) is 5.92 Å². The normalized spacial score (nSPS) is 27.9. The van der Waals surface area contributed by atoms with E-state index in [1.807, 2.05) is 19.1 Å². The van der Waals surface area contributed by atoms with Crippen LogP contribution in [0.3, 0.4) is 0 Å². The molecule has 1 aromatic rings. The van der Waals surface area contributed by atoms with Gasteiger partial charge in [0.1, 0.15) is 0 Å². The molecule has 1 aliphatic carbocycles. The number of anilines is 2. The fourth-order valence-electron chi connectivity index (χ4n) is 3.67. The highest BCUT2D eigenvalue weighted by Crippen LogP contribution is 2.38. The van der Waals surface area contributed by atoms with E-state index in [1.165, 1.54) is 38.5 Å². The van der Waals surface area contributed by atoms with Crippen LogP contribution in [0.2, 0.25) is 0 Å². The Balaban J connectivity index is 1.91. The Morgan fingerprint density at radius 3 is 2.83 bits per heavy atom. The van der Waals surface area contributed by atoms with Gasteiger partial charge in [-0.25, -0.2) is 4.98 Å². The molecule has 2 atom stereocenters. The largest absolute Gasteiger partial charge is 0.396 e. The molecule has 3 heteroatoms. The van der Waals surface area contributed by atoms with Crippen molar-refractivity contribution in [3.63, 3.8) is 0 Å². The number of hydrogen-bond acceptors (Lipinski definition) is 3. The summed E-state index contributed by atoms with van der Waals surface area (Å²) >= 11 is 0. The molecule has 2 fully saturated rings. The molecule has 1 saturated carbocycles. The summed E-state index contributed by atoms with van der Waals surface area (Å²) in [7, 11) is 0. The van der Waals surface area contributed by atoms with E-state index in [4.69, 9.17) is 5.73 Å². The number of nitrogens with zero attached hydrogens (tertiary/aromatic N) is 2. The zero-order valence-electron chi connectivity index (χ0n) is 11.2. The number of hydrogen-bond donors (Lipinski definition) is 1. The third-order valence-electron chi connectivity index (χ3n) is 4.56. The van der Waals surface area contributed by atoms with Gasteiger partial charge in [-0.15, -0.1) is 0 Å². The molecule has 18 heavy (non-hydrogen) atoms. The van der Waals surface area contributed by atoms with Crippen molar-refractivity contribution >= 4 is 11.5 Å². The Morgan fingerprint density at radius 2 is 1.94 bits per heavy atom. The minimum absolute atomic E-state index is 0.684. The molecule has 0 spiro atoms. The van der Waals surface area contributed by atoms with E-state index in [9.17, 15) is 0 Å². The lowest BCUT2D eigenvalue weighted by Crippen LogP contribution is -2.47. The van der Waals surface area contributed by atoms with Gasteiger partial charge in [0.25, 0.3) is 0 Å². The molecule has 0 radical (unpaired) electrons. The first-order chi connectivity index (χ1) is 8.75. The summed E-state index contributed by atoms with van der Waals surface area (Å²) in [6, 6.07) is 4.69. The number of aromatic nitrogens is 1. The number of piperidine rings is 1. The highest BCUT2D eigenvalue weighted by atomic mass is 15.2. The quantitative estimate of drug-likeness (QED) is 0.826. The van der Waals surface area contributed by atoms with Gasteiger partial charge < -0.3 is 10.6 Å². The van der Waals surface area contributed by atoms with E-state index in [2.05, 4.69) is 9.88 Å². The number of rotatable bonds is 1. The van der Waals surface area contributed by atoms with E-state index in [-0.39, 0.29) is 0 Å². The minimum Gasteiger partial charge on any atom is -0.396 e. The lowest BCUT2D eigenvalue weighted by Gasteiger charge is -2.45. The van der Waals surface area contributed by atoms with Crippen LogP contribution in [-0.2, 0) is 0 Å². The summed E-state index contributed by atoms with van der Waals surface area (Å²) in [6.07, 6.45) is 8.17. The second-order valence-corrected chi connectivity index (χ2v) is 5.81. The van der Waals surface area contributed by atoms with Crippen molar-refractivity contribution in [2.75, 3.05) is 17.2 Å². The molecule has 0 unspecified atom stereocenters. The first kappa shape index (κ1) is 11.8. The van der Waals surface area contributed by atoms with Crippen LogP contribution in [0.5, 0.6) is 0 Å². The average molecular weight is 245 g/mol. The lowest BCUT2D eigenvalue weighted by molar-refractivity contribution is 0.243. The van der Waals surface area contributed by atoms with Crippen LogP contribution in [0.1, 0.15) is 44.2 Å². The predicted molar refractivity (Wildman–Crippen MR) is 75.7 cm³/mol. The fraction of sp³-hybridized carbons (Fsp3) is 0.667. The zero-order valence-corrected chi connectivity index (χ0v) is 11.2. The van der Waals surface area contributed by atoms with Crippen LogP contribution in [0.4, 0.5) is 11.5 Å². The van der Waals surface area contributed by atoms with Crippen LogP contribution >= 0.6 is 0 Å². The number of aryl methyl sites for hydroxylation is 1. The molecule has 1 aliphatic heterocycles. The van der Waals surface area contributed by atoms with Crippen molar-refractivity contribution in [1.82, 2.24) is 4.98 Å². The molecule has 0 aromatic carbocycles. The van der Waals surface area contributed by atoms with Crippen molar-refractivity contribution < 1.29 is 0 Å². The van der Waals surface area contributed by atoms with Gasteiger partial charge in [0.15, 0.2) is 5.82 Å². The SMILES string of the molecule is Cc1ccc(N)c(N2CCC[C@H]3CCCC[C@H]32)n1. The van der Waals surface area contributed by atoms with Gasteiger partial charge in [-0.3, -0.25) is 0 Å². The third kappa shape index (κ3) is 2.06. The fourth-order valence-corrected chi connectivity index (χ4v) is 3.67. The molecule has 3 rings (SSSR count). The smallest absolute Gasteiger partial charge is 0.152 e. The summed E-state index contributed by atoms with van der Waals surface area (Å²) in [5, 5.41) is 0. The summed E-state index contributed by atoms with van der Waals surface area (Å²) in [5.74, 6) is 1.90. The molecule has 0 bridgehead atoms. The molecule has 98 valence electrons. The second kappa shape index (κ2) is 4.79. The van der Waals surface area contributed by atoms with Crippen molar-refractivity contribution in [1.29, 1.82) is 0 Å². The molecule has 1 saturated heterocycles. The second-order valence-electron chi connectivity index (χ2n) is 5.81. The number of pyridine rings is 1. The summed E-state index contributed by atoms with van der Waals surface area (Å²) in [4.78, 5) is 7.18. The van der Waals surface area contributed by atoms with Gasteiger partial charge >= 0.3 is 0 Å². The maximum Gasteiger partial charge on any atom is 0.152 e. The zero-order chi connectivity index (χ0) is 12.5. The molecule has 2 aliphatic rings. The Hall–Kier alpha value is -1.25. The van der Waals surface area contributed by atoms with Crippen LogP contribution in [-0.4, -0.2) is 17.6 Å². The van der Waals surface area contributed by atoms with E-state index in [0.717, 1.165) is 29.7 Å². The average Bonchev–Trinajstić information content (AvgIpc) is 2.41. The van der Waals surface area contributed by atoms with Crippen molar-refractivity contribution in [2.45, 2.75) is 51.5 Å². The van der Waals surface area contributed by atoms with E-state index in [1.54, 1.807) is 0 Å². The molecule has 2 N–H and O–H groups in total. The molecule has 2 heterocycles. The number of nitrogen functional groups attached to an aromatic ring is 1. The van der Waals surface area contributed by atoms with Crippen LogP contribution in [0, 0.1) is 12.8 Å². The maximum absolute atomic E-state index is 6.14. The van der Waals surface area contributed by atoms with E-state index >= 15 is 0 Å². The Labute approximate surface area is 109 Å². The monoisotopic (exact) mass is 245 g/mol. The maximum atomic E-state index is 6.14. The third-order valence-corrected chi connectivity index (χ3v) is 4.56. The summed E-state index contributed by atoms with van der Waals surface area (Å²) < 4.78 is 0. The summed E-state index contributed by atoms with van der Waals surface area (Å²) in [5.41, 5.74) is 8.04. The Morgan fingerprint density at radius 1 is 1.17 bits per heavy atom. The van der Waals surface area contributed by atoms with E-state index in [0.29, 0.717) is 6.04 Å². The summed E-state index contributed by atoms with van der Waals surface area (Å²) in [6.45, 7) is 3.17. The predicted octanol–water partition coefficient (Wildman–Crippen LogP) is 3.13. The van der Waals surface area contributed by atoms with Gasteiger partial charge in [-0.1, -0.05) is 12.8 Å². The highest BCUT2D eigenvalue weighted by Gasteiger charge is 2.34.